The van der Waals surface area contributed by atoms with Crippen molar-refractivity contribution < 1.29 is 33.0 Å². The Morgan fingerprint density at radius 3 is 2.27 bits per heavy atom. The van der Waals surface area contributed by atoms with Gasteiger partial charge >= 0.3 is 5.97 Å². The van der Waals surface area contributed by atoms with E-state index in [9.17, 15) is 33.4 Å². The van der Waals surface area contributed by atoms with Gasteiger partial charge in [0.15, 0.2) is 5.72 Å². The molecule has 0 spiro atoms. The topological polar surface area (TPSA) is 112 Å². The van der Waals surface area contributed by atoms with Crippen molar-refractivity contribution in [3.63, 3.8) is 0 Å². The summed E-state index contributed by atoms with van der Waals surface area (Å²) < 4.78 is 44.3. The number of rotatable bonds is 12. The Labute approximate surface area is 260 Å². The summed E-state index contributed by atoms with van der Waals surface area (Å²) in [4.78, 5) is 40.9. The lowest BCUT2D eigenvalue weighted by molar-refractivity contribution is -0.148. The molecule has 8 nitrogen and oxygen atoms in total. The van der Waals surface area contributed by atoms with Gasteiger partial charge in [0.25, 0.3) is 5.56 Å². The summed E-state index contributed by atoms with van der Waals surface area (Å²) in [5.74, 6) is -3.84. The fourth-order valence-corrected chi connectivity index (χ4v) is 6.00. The van der Waals surface area contributed by atoms with Crippen molar-refractivity contribution in [2.45, 2.75) is 71.8 Å². The Bertz CT molecular complexity index is 1630. The molecule has 1 aliphatic rings. The molecule has 1 aliphatic heterocycles. The zero-order valence-electron chi connectivity index (χ0n) is 26.2. The van der Waals surface area contributed by atoms with Gasteiger partial charge in [-0.15, -0.1) is 0 Å². The standard InChI is InChI=1S/C34H40F3N3O5/c1-19(2)10-28(40-16-23(6-7-29(40)41)8-9-39-17-26(36)18-39)33(44)38-34(45,15-30(42)43)27-14-24(11-22(5)32(27)37)31-20(3)12-25(35)13-21(31)4/h6-7,11-14,16,19,26,28,45H,8-10,15,17-18H2,1-5H3,(H,38,44)(H,42,43)/t28?,34-/m0/s1. The summed E-state index contributed by atoms with van der Waals surface area (Å²) in [6, 6.07) is 7.21. The summed E-state index contributed by atoms with van der Waals surface area (Å²) >= 11 is 0. The number of pyridine rings is 1. The van der Waals surface area contributed by atoms with Crippen LogP contribution in [0.1, 0.15) is 60.5 Å². The average molecular weight is 628 g/mol. The van der Waals surface area contributed by atoms with Crippen molar-refractivity contribution in [1.82, 2.24) is 14.8 Å². The van der Waals surface area contributed by atoms with Crippen molar-refractivity contribution in [2.24, 2.45) is 5.92 Å². The Balaban J connectivity index is 1.74. The maximum absolute atomic E-state index is 15.8. The maximum Gasteiger partial charge on any atom is 0.308 e. The molecule has 4 rings (SSSR count). The molecule has 1 amide bonds. The second-order valence-electron chi connectivity index (χ2n) is 12.5. The van der Waals surface area contributed by atoms with Crippen LogP contribution in [0.25, 0.3) is 11.1 Å². The molecular formula is C34H40F3N3O5. The van der Waals surface area contributed by atoms with Gasteiger partial charge in [-0.2, -0.15) is 0 Å². The molecule has 1 saturated heterocycles. The molecule has 0 saturated carbocycles. The van der Waals surface area contributed by atoms with Crippen LogP contribution in [0.2, 0.25) is 0 Å². The summed E-state index contributed by atoms with van der Waals surface area (Å²) in [7, 11) is 0. The number of hydrogen-bond donors (Lipinski definition) is 3. The first-order valence-electron chi connectivity index (χ1n) is 15.0. The molecule has 1 fully saturated rings. The highest BCUT2D eigenvalue weighted by atomic mass is 19.1. The molecule has 3 N–H and O–H groups in total. The van der Waals surface area contributed by atoms with Crippen LogP contribution >= 0.6 is 0 Å². The molecule has 1 unspecified atom stereocenters. The van der Waals surface area contributed by atoms with E-state index in [1.54, 1.807) is 26.1 Å². The van der Waals surface area contributed by atoms with Crippen molar-refractivity contribution in [3.8, 4) is 11.1 Å². The summed E-state index contributed by atoms with van der Waals surface area (Å²) in [5, 5.41) is 23.9. The van der Waals surface area contributed by atoms with E-state index in [2.05, 4.69) is 5.32 Å². The van der Waals surface area contributed by atoms with Gasteiger partial charge in [0.1, 0.15) is 23.8 Å². The monoisotopic (exact) mass is 627 g/mol. The number of carboxylic acids is 1. The number of benzene rings is 2. The molecule has 0 radical (unpaired) electrons. The van der Waals surface area contributed by atoms with E-state index in [0.717, 1.165) is 5.56 Å². The van der Waals surface area contributed by atoms with E-state index < -0.39 is 59.0 Å². The fraction of sp³-hybridized carbons (Fsp3) is 0.441. The number of aromatic nitrogens is 1. The van der Waals surface area contributed by atoms with Gasteiger partial charge in [-0.05, 0) is 97.2 Å². The predicted molar refractivity (Wildman–Crippen MR) is 165 cm³/mol. The Kier molecular flexibility index (Phi) is 10.2. The zero-order valence-corrected chi connectivity index (χ0v) is 26.2. The van der Waals surface area contributed by atoms with E-state index in [1.165, 1.54) is 41.8 Å². The number of likely N-dealkylation sites (tertiary alicyclic amines) is 1. The molecule has 11 heteroatoms. The van der Waals surface area contributed by atoms with Crippen molar-refractivity contribution in [3.05, 3.63) is 92.4 Å². The largest absolute Gasteiger partial charge is 0.481 e. The Morgan fingerprint density at radius 1 is 1.04 bits per heavy atom. The van der Waals surface area contributed by atoms with Crippen LogP contribution in [0.3, 0.4) is 0 Å². The van der Waals surface area contributed by atoms with E-state index in [-0.39, 0.29) is 17.9 Å². The zero-order chi connectivity index (χ0) is 33.2. The SMILES string of the molecule is Cc1cc(-c2c(C)cc(F)cc2C)cc([C@@](O)(CC(=O)O)NC(=O)C(CC(C)C)n2cc(CCN3CC(F)C3)ccc2=O)c1F. The number of carbonyl (C=O) groups is 2. The molecule has 2 atom stereocenters. The number of carbonyl (C=O) groups excluding carboxylic acids is 1. The lowest BCUT2D eigenvalue weighted by Crippen LogP contribution is -2.51. The number of halogens is 3. The smallest absolute Gasteiger partial charge is 0.308 e. The average Bonchev–Trinajstić information content (AvgIpc) is 2.90. The number of amides is 1. The van der Waals surface area contributed by atoms with Crippen molar-refractivity contribution in [1.29, 1.82) is 0 Å². The van der Waals surface area contributed by atoms with Crippen LogP contribution < -0.4 is 10.9 Å². The number of carboxylic acid groups (broad SMARTS) is 1. The van der Waals surface area contributed by atoms with Crippen LogP contribution in [-0.4, -0.2) is 57.4 Å². The van der Waals surface area contributed by atoms with Gasteiger partial charge in [-0.3, -0.25) is 19.3 Å². The van der Waals surface area contributed by atoms with E-state index in [4.69, 9.17) is 0 Å². The second kappa shape index (κ2) is 13.6. The molecular weight excluding hydrogens is 587 g/mol. The molecule has 2 heterocycles. The molecule has 0 bridgehead atoms. The van der Waals surface area contributed by atoms with Crippen LogP contribution in [0.5, 0.6) is 0 Å². The summed E-state index contributed by atoms with van der Waals surface area (Å²) in [6.45, 7) is 9.75. The normalized spacial score (nSPS) is 15.9. The van der Waals surface area contributed by atoms with Gasteiger partial charge in [-0.1, -0.05) is 19.9 Å². The third-order valence-corrected chi connectivity index (χ3v) is 8.19. The molecule has 3 aromatic rings. The Hall–Kier alpha value is -3.96. The number of nitrogens with zero attached hydrogens (tertiary/aromatic N) is 2. The minimum absolute atomic E-state index is 0.0765. The number of aliphatic hydroxyl groups is 1. The minimum Gasteiger partial charge on any atom is -0.481 e. The van der Waals surface area contributed by atoms with Crippen molar-refractivity contribution >= 4 is 11.9 Å². The highest BCUT2D eigenvalue weighted by Crippen LogP contribution is 2.35. The number of alkyl halides is 1. The molecule has 0 aliphatic carbocycles. The predicted octanol–water partition coefficient (Wildman–Crippen LogP) is 4.94. The molecule has 2 aromatic carbocycles. The third kappa shape index (κ3) is 7.83. The van der Waals surface area contributed by atoms with E-state index >= 15 is 4.39 Å². The van der Waals surface area contributed by atoms with Crippen LogP contribution in [0.15, 0.2) is 47.4 Å². The van der Waals surface area contributed by atoms with Gasteiger partial charge < -0.3 is 20.1 Å². The van der Waals surface area contributed by atoms with Gasteiger partial charge in [0.05, 0.1) is 6.42 Å². The first-order valence-corrected chi connectivity index (χ1v) is 15.0. The number of aliphatic carboxylic acids is 1. The first-order chi connectivity index (χ1) is 21.1. The number of aryl methyl sites for hydroxylation is 3. The minimum atomic E-state index is -2.70. The maximum atomic E-state index is 15.8. The van der Waals surface area contributed by atoms with Crippen LogP contribution in [-0.2, 0) is 21.7 Å². The van der Waals surface area contributed by atoms with Crippen LogP contribution in [0, 0.1) is 38.3 Å². The lowest BCUT2D eigenvalue weighted by Gasteiger charge is -2.34. The number of nitrogens with one attached hydrogen (secondary N) is 1. The molecule has 1 aromatic heterocycles. The highest BCUT2D eigenvalue weighted by molar-refractivity contribution is 5.82. The quantitative estimate of drug-likeness (QED) is 0.246. The third-order valence-electron chi connectivity index (χ3n) is 8.19. The van der Waals surface area contributed by atoms with Crippen molar-refractivity contribution in [2.75, 3.05) is 19.6 Å². The van der Waals surface area contributed by atoms with Crippen LogP contribution in [0.4, 0.5) is 13.2 Å². The second-order valence-corrected chi connectivity index (χ2v) is 12.5. The lowest BCUT2D eigenvalue weighted by atomic mass is 9.88. The Morgan fingerprint density at radius 2 is 1.69 bits per heavy atom. The van der Waals surface area contributed by atoms with Gasteiger partial charge in [0.2, 0.25) is 5.91 Å². The first kappa shape index (κ1) is 33.9. The highest BCUT2D eigenvalue weighted by Gasteiger charge is 2.40. The fourth-order valence-electron chi connectivity index (χ4n) is 6.00. The summed E-state index contributed by atoms with van der Waals surface area (Å²) in [6.07, 6.45) is 0.285. The van der Waals surface area contributed by atoms with E-state index in [1.807, 2.05) is 18.7 Å². The summed E-state index contributed by atoms with van der Waals surface area (Å²) in [5.41, 5.74) is -0.776. The van der Waals surface area contributed by atoms with Gasteiger partial charge in [-0.25, -0.2) is 13.2 Å². The number of hydrogen-bond acceptors (Lipinski definition) is 5. The van der Waals surface area contributed by atoms with Gasteiger partial charge in [0, 0.05) is 37.5 Å². The molecule has 242 valence electrons. The molecule has 45 heavy (non-hydrogen) atoms. The van der Waals surface area contributed by atoms with E-state index in [0.29, 0.717) is 48.3 Å².